The molecule has 0 radical (unpaired) electrons. The standard InChI is InChI=1S/C14H26N2O/c1-6-14(5)13(17)16(10(4)11-7-8-11)12(15-14)9(2)3/h9-12,15H,6-8H2,1-5H3. The van der Waals surface area contributed by atoms with Gasteiger partial charge in [-0.2, -0.15) is 0 Å². The van der Waals surface area contributed by atoms with E-state index in [2.05, 4.69) is 37.9 Å². The minimum atomic E-state index is -0.349. The van der Waals surface area contributed by atoms with Crippen molar-refractivity contribution in [3.8, 4) is 0 Å². The number of hydrogen-bond acceptors (Lipinski definition) is 2. The van der Waals surface area contributed by atoms with Crippen LogP contribution < -0.4 is 5.32 Å². The molecule has 1 amide bonds. The van der Waals surface area contributed by atoms with Crippen molar-refractivity contribution < 1.29 is 4.79 Å². The molecule has 0 aromatic carbocycles. The zero-order valence-corrected chi connectivity index (χ0v) is 11.8. The summed E-state index contributed by atoms with van der Waals surface area (Å²) >= 11 is 0. The summed E-state index contributed by atoms with van der Waals surface area (Å²) < 4.78 is 0. The summed E-state index contributed by atoms with van der Waals surface area (Å²) in [6, 6.07) is 0.399. The van der Waals surface area contributed by atoms with E-state index in [1.54, 1.807) is 0 Å². The Balaban J connectivity index is 2.23. The van der Waals surface area contributed by atoms with Gasteiger partial charge in [0.05, 0.1) is 11.7 Å². The van der Waals surface area contributed by atoms with Crippen LogP contribution in [0.2, 0.25) is 0 Å². The quantitative estimate of drug-likeness (QED) is 0.815. The first-order chi connectivity index (χ1) is 7.90. The molecule has 2 aliphatic rings. The van der Waals surface area contributed by atoms with Crippen molar-refractivity contribution >= 4 is 5.91 Å². The summed E-state index contributed by atoms with van der Waals surface area (Å²) in [6.07, 6.45) is 3.66. The summed E-state index contributed by atoms with van der Waals surface area (Å²) in [5, 5.41) is 3.56. The molecule has 0 aromatic heterocycles. The topological polar surface area (TPSA) is 32.3 Å². The highest BCUT2D eigenvalue weighted by Gasteiger charge is 2.51. The van der Waals surface area contributed by atoms with E-state index in [0.29, 0.717) is 17.9 Å². The fraction of sp³-hybridized carbons (Fsp3) is 0.929. The third-order valence-electron chi connectivity index (χ3n) is 4.55. The molecule has 0 aromatic rings. The predicted molar refractivity (Wildman–Crippen MR) is 69.5 cm³/mol. The smallest absolute Gasteiger partial charge is 0.244 e. The van der Waals surface area contributed by atoms with Crippen molar-refractivity contribution in [3.63, 3.8) is 0 Å². The van der Waals surface area contributed by atoms with Gasteiger partial charge >= 0.3 is 0 Å². The first-order valence-electron chi connectivity index (χ1n) is 7.01. The van der Waals surface area contributed by atoms with Gasteiger partial charge in [-0.1, -0.05) is 20.8 Å². The van der Waals surface area contributed by atoms with Gasteiger partial charge < -0.3 is 4.90 Å². The molecule has 17 heavy (non-hydrogen) atoms. The third kappa shape index (κ3) is 2.10. The van der Waals surface area contributed by atoms with Crippen molar-refractivity contribution in [1.29, 1.82) is 0 Å². The second-order valence-electron chi connectivity index (χ2n) is 6.31. The van der Waals surface area contributed by atoms with E-state index in [-0.39, 0.29) is 11.7 Å². The Morgan fingerprint density at radius 2 is 2.00 bits per heavy atom. The lowest BCUT2D eigenvalue weighted by molar-refractivity contribution is -0.135. The molecule has 1 saturated heterocycles. The zero-order valence-electron chi connectivity index (χ0n) is 11.8. The first-order valence-corrected chi connectivity index (χ1v) is 7.01. The Bertz CT molecular complexity index is 311. The summed E-state index contributed by atoms with van der Waals surface area (Å²) in [4.78, 5) is 14.7. The molecule has 3 unspecified atom stereocenters. The fourth-order valence-corrected chi connectivity index (χ4v) is 2.85. The van der Waals surface area contributed by atoms with Gasteiger partial charge in [0.15, 0.2) is 0 Å². The van der Waals surface area contributed by atoms with Gasteiger partial charge in [0.25, 0.3) is 0 Å². The van der Waals surface area contributed by atoms with Gasteiger partial charge in [0.2, 0.25) is 5.91 Å². The van der Waals surface area contributed by atoms with Crippen LogP contribution in [0.5, 0.6) is 0 Å². The molecule has 98 valence electrons. The summed E-state index contributed by atoms with van der Waals surface area (Å²) in [5.41, 5.74) is -0.349. The lowest BCUT2D eigenvalue weighted by Gasteiger charge is -2.32. The van der Waals surface area contributed by atoms with Crippen molar-refractivity contribution in [2.75, 3.05) is 0 Å². The van der Waals surface area contributed by atoms with Gasteiger partial charge in [0.1, 0.15) is 0 Å². The second kappa shape index (κ2) is 4.27. The molecule has 1 N–H and O–H groups in total. The Hall–Kier alpha value is -0.570. The molecule has 0 bridgehead atoms. The number of rotatable bonds is 4. The van der Waals surface area contributed by atoms with Crippen LogP contribution in [0, 0.1) is 11.8 Å². The summed E-state index contributed by atoms with van der Waals surface area (Å²) in [7, 11) is 0. The average Bonchev–Trinajstić information content (AvgIpc) is 3.07. The first kappa shape index (κ1) is 12.9. The zero-order chi connectivity index (χ0) is 12.8. The second-order valence-corrected chi connectivity index (χ2v) is 6.31. The molecule has 0 spiro atoms. The van der Waals surface area contributed by atoms with Gasteiger partial charge in [-0.25, -0.2) is 0 Å². The minimum Gasteiger partial charge on any atom is -0.322 e. The van der Waals surface area contributed by atoms with Crippen LogP contribution in [0.15, 0.2) is 0 Å². The highest BCUT2D eigenvalue weighted by molar-refractivity contribution is 5.88. The van der Waals surface area contributed by atoms with Gasteiger partial charge in [0, 0.05) is 6.04 Å². The van der Waals surface area contributed by atoms with Crippen LogP contribution in [0.25, 0.3) is 0 Å². The predicted octanol–water partition coefficient (Wildman–Crippen LogP) is 2.37. The Labute approximate surface area is 105 Å². The number of nitrogens with one attached hydrogen (secondary N) is 1. The Morgan fingerprint density at radius 3 is 2.41 bits per heavy atom. The minimum absolute atomic E-state index is 0.211. The highest BCUT2D eigenvalue weighted by Crippen LogP contribution is 2.39. The van der Waals surface area contributed by atoms with Crippen molar-refractivity contribution in [3.05, 3.63) is 0 Å². The Kier molecular flexibility index (Phi) is 3.23. The van der Waals surface area contributed by atoms with E-state index in [1.165, 1.54) is 12.8 Å². The molecule has 3 heteroatoms. The number of carbonyl (C=O) groups excluding carboxylic acids is 1. The van der Waals surface area contributed by atoms with E-state index < -0.39 is 0 Å². The Morgan fingerprint density at radius 1 is 1.41 bits per heavy atom. The third-order valence-corrected chi connectivity index (χ3v) is 4.55. The lowest BCUT2D eigenvalue weighted by atomic mass is 9.99. The van der Waals surface area contributed by atoms with Crippen LogP contribution in [0.1, 0.15) is 53.9 Å². The van der Waals surface area contributed by atoms with E-state index >= 15 is 0 Å². The summed E-state index contributed by atoms with van der Waals surface area (Å²) in [5.74, 6) is 1.51. The molecule has 2 fully saturated rings. The molecule has 3 nitrogen and oxygen atoms in total. The highest BCUT2D eigenvalue weighted by atomic mass is 16.2. The van der Waals surface area contributed by atoms with Crippen molar-refractivity contribution in [1.82, 2.24) is 10.2 Å². The van der Waals surface area contributed by atoms with Crippen LogP contribution in [0.3, 0.4) is 0 Å². The maximum absolute atomic E-state index is 12.6. The van der Waals surface area contributed by atoms with Gasteiger partial charge in [-0.3, -0.25) is 10.1 Å². The van der Waals surface area contributed by atoms with Crippen molar-refractivity contribution in [2.45, 2.75) is 71.6 Å². The van der Waals surface area contributed by atoms with E-state index in [4.69, 9.17) is 0 Å². The lowest BCUT2D eigenvalue weighted by Crippen LogP contribution is -2.47. The number of nitrogens with zero attached hydrogens (tertiary/aromatic N) is 1. The summed E-state index contributed by atoms with van der Waals surface area (Å²) in [6.45, 7) is 10.7. The van der Waals surface area contributed by atoms with E-state index in [0.717, 1.165) is 12.3 Å². The largest absolute Gasteiger partial charge is 0.322 e. The number of hydrogen-bond donors (Lipinski definition) is 1. The normalized spacial score (nSPS) is 35.8. The molecule has 3 atom stereocenters. The van der Waals surface area contributed by atoms with Gasteiger partial charge in [-0.15, -0.1) is 0 Å². The van der Waals surface area contributed by atoms with Crippen LogP contribution in [0.4, 0.5) is 0 Å². The SMILES string of the molecule is CCC1(C)NC(C(C)C)N(C(C)C2CC2)C1=O. The monoisotopic (exact) mass is 238 g/mol. The molecule has 1 aliphatic carbocycles. The fourth-order valence-electron chi connectivity index (χ4n) is 2.85. The maximum atomic E-state index is 12.6. The molecular weight excluding hydrogens is 212 g/mol. The maximum Gasteiger partial charge on any atom is 0.244 e. The van der Waals surface area contributed by atoms with Gasteiger partial charge in [-0.05, 0) is 44.9 Å². The number of carbonyl (C=O) groups is 1. The molecule has 1 saturated carbocycles. The van der Waals surface area contributed by atoms with E-state index in [1.807, 2.05) is 6.92 Å². The van der Waals surface area contributed by atoms with E-state index in [9.17, 15) is 4.79 Å². The van der Waals surface area contributed by atoms with Crippen LogP contribution >= 0.6 is 0 Å². The van der Waals surface area contributed by atoms with Crippen molar-refractivity contribution in [2.24, 2.45) is 11.8 Å². The molecular formula is C14H26N2O. The number of amides is 1. The van der Waals surface area contributed by atoms with Crippen LogP contribution in [-0.2, 0) is 4.79 Å². The van der Waals surface area contributed by atoms with Crippen LogP contribution in [-0.4, -0.2) is 28.6 Å². The molecule has 2 rings (SSSR count). The average molecular weight is 238 g/mol. The molecule has 1 aliphatic heterocycles. The molecule has 1 heterocycles.